The molecule has 2 aliphatic carbocycles. The number of hydrogen-bond acceptors (Lipinski definition) is 1. The van der Waals surface area contributed by atoms with Gasteiger partial charge in [0.25, 0.3) is 0 Å². The van der Waals surface area contributed by atoms with Crippen LogP contribution >= 0.6 is 11.3 Å². The van der Waals surface area contributed by atoms with Crippen LogP contribution < -0.4 is 0 Å². The topological polar surface area (TPSA) is 0 Å². The summed E-state index contributed by atoms with van der Waals surface area (Å²) in [6.45, 7) is 11.9. The van der Waals surface area contributed by atoms with Gasteiger partial charge in [0.2, 0.25) is 0 Å². The number of rotatable bonds is 3. The summed E-state index contributed by atoms with van der Waals surface area (Å²) in [7, 11) is 0. The van der Waals surface area contributed by atoms with Gasteiger partial charge in [-0.05, 0) is 0 Å². The summed E-state index contributed by atoms with van der Waals surface area (Å²) in [6.07, 6.45) is 2.64. The van der Waals surface area contributed by atoms with Gasteiger partial charge in [-0.1, -0.05) is 0 Å². The Bertz CT molecular complexity index is 1090. The second-order valence-corrected chi connectivity index (χ2v) is 40.0. The minimum absolute atomic E-state index is 0.587. The van der Waals surface area contributed by atoms with E-state index in [0.717, 1.165) is 0 Å². The predicted octanol–water partition coefficient (Wildman–Crippen LogP) is 6.83. The fraction of sp³-hybridized carbons (Fsp3) is 0.333. The molecule has 0 saturated heterocycles. The SMILES string of the molecule is CC1=C(C)C(C)[C]([Zr]([CH3])([CH3])(=[SiH2])[CH]2C=C(c3cccs3)c3ccccc32)=C1C. The van der Waals surface area contributed by atoms with Crippen molar-refractivity contribution in [2.45, 2.75) is 40.6 Å². The van der Waals surface area contributed by atoms with Gasteiger partial charge in [0.05, 0.1) is 0 Å². The maximum absolute atomic E-state index is 3.25. The molecule has 2 aliphatic rings. The van der Waals surface area contributed by atoms with E-state index in [9.17, 15) is 0 Å². The molecule has 27 heavy (non-hydrogen) atoms. The Morgan fingerprint density at radius 1 is 0.963 bits per heavy atom. The Balaban J connectivity index is 1.94. The van der Waals surface area contributed by atoms with Crippen LogP contribution in [0.4, 0.5) is 0 Å². The fourth-order valence-corrected chi connectivity index (χ4v) is 24.9. The fourth-order valence-electron chi connectivity index (χ4n) is 5.63. The summed E-state index contributed by atoms with van der Waals surface area (Å²) < 4.78 is 7.80. The zero-order valence-corrected chi connectivity index (χ0v) is 22.1. The molecule has 0 nitrogen and oxygen atoms in total. The van der Waals surface area contributed by atoms with E-state index in [1.807, 2.05) is 14.6 Å². The molecule has 0 saturated carbocycles. The van der Waals surface area contributed by atoms with Crippen molar-refractivity contribution in [3.05, 3.63) is 83.9 Å². The van der Waals surface area contributed by atoms with Gasteiger partial charge in [-0.25, -0.2) is 0 Å². The molecule has 0 fully saturated rings. The third-order valence-corrected chi connectivity index (χ3v) is 25.4. The van der Waals surface area contributed by atoms with Crippen molar-refractivity contribution in [3.8, 4) is 0 Å². The molecule has 0 aliphatic heterocycles. The molecule has 1 heterocycles. The van der Waals surface area contributed by atoms with E-state index >= 15 is 0 Å². The summed E-state index contributed by atoms with van der Waals surface area (Å²) in [5.74, 6) is 0.606. The summed E-state index contributed by atoms with van der Waals surface area (Å²) in [5.41, 5.74) is 9.23. The molecule has 3 heteroatoms. The monoisotopic (exact) mass is 468 g/mol. The molecule has 4 rings (SSSR count). The van der Waals surface area contributed by atoms with Crippen LogP contribution in [0.3, 0.4) is 0 Å². The van der Waals surface area contributed by atoms with E-state index in [1.165, 1.54) is 16.0 Å². The van der Waals surface area contributed by atoms with Crippen molar-refractivity contribution in [1.29, 1.82) is 0 Å². The van der Waals surface area contributed by atoms with Crippen LogP contribution in [0.15, 0.2) is 67.9 Å². The average Bonchev–Trinajstić information content (AvgIpc) is 3.30. The number of benzene rings is 1. The Hall–Kier alpha value is -0.760. The zero-order chi connectivity index (χ0) is 19.6. The third-order valence-electron chi connectivity index (χ3n) is 7.23. The van der Waals surface area contributed by atoms with Crippen molar-refractivity contribution in [1.82, 2.24) is 0 Å². The summed E-state index contributed by atoms with van der Waals surface area (Å²) in [4.78, 5) is 1.41. The molecule has 0 bridgehead atoms. The first-order valence-electron chi connectivity index (χ1n) is 9.93. The molecule has 140 valence electrons. The third kappa shape index (κ3) is 2.84. The zero-order valence-electron chi connectivity index (χ0n) is 17.4. The summed E-state index contributed by atoms with van der Waals surface area (Å²) >= 11 is -1.38. The van der Waals surface area contributed by atoms with Crippen molar-refractivity contribution in [3.63, 3.8) is 0 Å². The van der Waals surface area contributed by atoms with Gasteiger partial charge in [-0.15, -0.1) is 0 Å². The van der Waals surface area contributed by atoms with Gasteiger partial charge in [0, 0.05) is 0 Å². The molecule has 2 aromatic rings. The van der Waals surface area contributed by atoms with E-state index < -0.39 is 17.4 Å². The van der Waals surface area contributed by atoms with Crippen molar-refractivity contribution in [2.75, 3.05) is 0 Å². The molecular formula is C24H30SSiZr. The number of fused-ring (bicyclic) bond motifs is 1. The summed E-state index contributed by atoms with van der Waals surface area (Å²) in [5, 5.41) is 2.20. The summed E-state index contributed by atoms with van der Waals surface area (Å²) in [6, 6.07) is 13.6. The standard InChI is InChI=1S/C13H9S.C9H13.2CH3.H2Si.Zr/c1-2-5-11-10(4-1)7-8-12(11)13-6-3-9-14-13;1-6-5-7(2)9(4)8(6)3;;;;/h1-9H;6H,1-4H3;2*1H3;1H2;. The molecule has 0 N–H and O–H groups in total. The molecule has 0 amide bonds. The quantitative estimate of drug-likeness (QED) is 0.432. The van der Waals surface area contributed by atoms with Gasteiger partial charge in [-0.3, -0.25) is 0 Å². The van der Waals surface area contributed by atoms with E-state index in [4.69, 9.17) is 0 Å². The van der Waals surface area contributed by atoms with Crippen LogP contribution in [0.1, 0.15) is 47.3 Å². The molecule has 1 aromatic carbocycles. The first-order chi connectivity index (χ1) is 12.6. The van der Waals surface area contributed by atoms with Crippen LogP contribution in [0.2, 0.25) is 9.26 Å². The Morgan fingerprint density at radius 2 is 1.67 bits per heavy atom. The maximum atomic E-state index is 2.69. The van der Waals surface area contributed by atoms with Crippen LogP contribution in [0.25, 0.3) is 5.57 Å². The van der Waals surface area contributed by atoms with Gasteiger partial charge in [-0.2, -0.15) is 0 Å². The van der Waals surface area contributed by atoms with Gasteiger partial charge < -0.3 is 0 Å². The Labute approximate surface area is 170 Å². The van der Waals surface area contributed by atoms with Crippen molar-refractivity contribution in [2.24, 2.45) is 5.92 Å². The van der Waals surface area contributed by atoms with Crippen LogP contribution in [-0.4, -0.2) is 6.88 Å². The number of hydrogen-bond donors (Lipinski definition) is 0. The second kappa shape index (κ2) is 6.37. The van der Waals surface area contributed by atoms with E-state index in [1.54, 1.807) is 22.3 Å². The minimum atomic E-state index is -3.25. The molecule has 0 spiro atoms. The van der Waals surface area contributed by atoms with Crippen LogP contribution in [0, 0.1) is 5.92 Å². The first kappa shape index (κ1) is 19.6. The van der Waals surface area contributed by atoms with Crippen LogP contribution in [-0.2, 0) is 17.4 Å². The predicted molar refractivity (Wildman–Crippen MR) is 121 cm³/mol. The van der Waals surface area contributed by atoms with Gasteiger partial charge >= 0.3 is 172 Å². The van der Waals surface area contributed by atoms with Crippen molar-refractivity contribution >= 4 is 23.8 Å². The second-order valence-electron chi connectivity index (χ2n) is 9.50. The van der Waals surface area contributed by atoms with E-state index in [2.05, 4.69) is 91.7 Å². The average molecular weight is 470 g/mol. The van der Waals surface area contributed by atoms with Gasteiger partial charge in [0.1, 0.15) is 0 Å². The van der Waals surface area contributed by atoms with Gasteiger partial charge in [0.15, 0.2) is 0 Å². The van der Waals surface area contributed by atoms with Crippen molar-refractivity contribution < 1.29 is 17.4 Å². The number of thiophene rings is 1. The molecule has 2 atom stereocenters. The molecule has 2 unspecified atom stereocenters. The normalized spacial score (nSPS) is 23.1. The Morgan fingerprint density at radius 3 is 2.26 bits per heavy atom. The van der Waals surface area contributed by atoms with E-state index in [-0.39, 0.29) is 0 Å². The van der Waals surface area contributed by atoms with Crippen LogP contribution in [0.5, 0.6) is 0 Å². The molecule has 0 radical (unpaired) electrons. The molecule has 1 aromatic heterocycles. The number of allylic oxidation sites excluding steroid dienone is 5. The molecular weight excluding hydrogens is 440 g/mol. The first-order valence-corrected chi connectivity index (χ1v) is 24.3. The van der Waals surface area contributed by atoms with E-state index in [0.29, 0.717) is 9.54 Å². The Kier molecular flexibility index (Phi) is 4.61.